The fraction of sp³-hybridized carbons (Fsp3) is 0.438. The summed E-state index contributed by atoms with van der Waals surface area (Å²) < 4.78 is 0. The highest BCUT2D eigenvalue weighted by atomic mass is 16.1. The number of likely N-dealkylation sites (N-methyl/N-ethyl adjacent to an activating group) is 1. The molecule has 0 radical (unpaired) electrons. The number of likely N-dealkylation sites (tertiary alicyclic amines) is 1. The number of aromatic amines is 1. The molecule has 1 unspecified atom stereocenters. The third-order valence-corrected chi connectivity index (χ3v) is 4.25. The van der Waals surface area contributed by atoms with E-state index in [1.54, 1.807) is 6.20 Å². The zero-order valence-electron chi connectivity index (χ0n) is 11.9. The number of fused-ring (bicyclic) bond motifs is 1. The molecule has 1 atom stereocenters. The van der Waals surface area contributed by atoms with E-state index < -0.39 is 0 Å². The summed E-state index contributed by atoms with van der Waals surface area (Å²) in [7, 11) is 2.14. The van der Waals surface area contributed by atoms with E-state index in [-0.39, 0.29) is 5.91 Å². The van der Waals surface area contributed by atoms with Gasteiger partial charge in [0.05, 0.1) is 5.56 Å². The Labute approximate surface area is 119 Å². The quantitative estimate of drug-likeness (QED) is 0.900. The third kappa shape index (κ3) is 2.56. The molecule has 0 bridgehead atoms. The van der Waals surface area contributed by atoms with Crippen LogP contribution in [-0.2, 0) is 0 Å². The number of H-pyrrole nitrogens is 1. The first kappa shape index (κ1) is 13.2. The molecule has 2 N–H and O–H groups in total. The largest absolute Gasteiger partial charge is 0.360 e. The molecule has 1 aliphatic heterocycles. The molecule has 1 saturated heterocycles. The number of hydrogen-bond donors (Lipinski definition) is 2. The van der Waals surface area contributed by atoms with Crippen LogP contribution in [0.3, 0.4) is 0 Å². The molecule has 20 heavy (non-hydrogen) atoms. The average Bonchev–Trinajstić information content (AvgIpc) is 2.90. The monoisotopic (exact) mass is 271 g/mol. The van der Waals surface area contributed by atoms with Gasteiger partial charge in [0.1, 0.15) is 0 Å². The van der Waals surface area contributed by atoms with Gasteiger partial charge >= 0.3 is 0 Å². The van der Waals surface area contributed by atoms with Gasteiger partial charge in [-0.3, -0.25) is 4.79 Å². The van der Waals surface area contributed by atoms with E-state index in [4.69, 9.17) is 0 Å². The Morgan fingerprint density at radius 2 is 2.25 bits per heavy atom. The van der Waals surface area contributed by atoms with Crippen LogP contribution in [0.2, 0.25) is 0 Å². The van der Waals surface area contributed by atoms with Gasteiger partial charge in [0.2, 0.25) is 0 Å². The number of para-hydroxylation sites is 1. The fourth-order valence-electron chi connectivity index (χ4n) is 2.97. The maximum Gasteiger partial charge on any atom is 0.253 e. The van der Waals surface area contributed by atoms with E-state index in [2.05, 4.69) is 22.2 Å². The molecular weight excluding hydrogens is 250 g/mol. The van der Waals surface area contributed by atoms with Crippen LogP contribution in [0.15, 0.2) is 30.5 Å². The molecule has 2 aromatic rings. The van der Waals surface area contributed by atoms with Crippen LogP contribution in [0.25, 0.3) is 10.9 Å². The first-order valence-corrected chi connectivity index (χ1v) is 7.30. The Bertz CT molecular complexity index is 605. The second-order valence-electron chi connectivity index (χ2n) is 5.59. The Balaban J connectivity index is 1.67. The predicted octanol–water partition coefficient (Wildman–Crippen LogP) is 2.38. The maximum atomic E-state index is 12.3. The number of aromatic nitrogens is 1. The molecule has 106 valence electrons. The van der Waals surface area contributed by atoms with Crippen LogP contribution in [0.1, 0.15) is 29.6 Å². The molecule has 1 aromatic carbocycles. The summed E-state index contributed by atoms with van der Waals surface area (Å²) in [6.07, 6.45) is 5.50. The fourth-order valence-corrected chi connectivity index (χ4v) is 2.97. The smallest absolute Gasteiger partial charge is 0.253 e. The molecule has 1 amide bonds. The number of carbonyl (C=O) groups is 1. The van der Waals surface area contributed by atoms with Crippen molar-refractivity contribution in [3.05, 3.63) is 36.0 Å². The van der Waals surface area contributed by atoms with Crippen LogP contribution in [0.4, 0.5) is 0 Å². The van der Waals surface area contributed by atoms with Crippen molar-refractivity contribution >= 4 is 16.8 Å². The Morgan fingerprint density at radius 3 is 3.10 bits per heavy atom. The van der Waals surface area contributed by atoms with Gasteiger partial charge in [-0.05, 0) is 32.5 Å². The minimum absolute atomic E-state index is 0.0152. The van der Waals surface area contributed by atoms with E-state index in [9.17, 15) is 4.79 Å². The van der Waals surface area contributed by atoms with Crippen molar-refractivity contribution in [2.24, 2.45) is 0 Å². The number of hydrogen-bond acceptors (Lipinski definition) is 2. The van der Waals surface area contributed by atoms with Crippen LogP contribution < -0.4 is 5.32 Å². The first-order chi connectivity index (χ1) is 9.75. The van der Waals surface area contributed by atoms with Gasteiger partial charge in [-0.15, -0.1) is 0 Å². The van der Waals surface area contributed by atoms with Crippen molar-refractivity contribution in [1.82, 2.24) is 15.2 Å². The molecule has 2 heterocycles. The van der Waals surface area contributed by atoms with Gasteiger partial charge < -0.3 is 15.2 Å². The van der Waals surface area contributed by atoms with E-state index in [0.29, 0.717) is 6.04 Å². The SMILES string of the molecule is CN1CCCCC1CNC(=O)c1c[nH]c2ccccc12. The van der Waals surface area contributed by atoms with Crippen LogP contribution >= 0.6 is 0 Å². The van der Waals surface area contributed by atoms with Gasteiger partial charge in [-0.25, -0.2) is 0 Å². The summed E-state index contributed by atoms with van der Waals surface area (Å²) in [5, 5.41) is 4.06. The van der Waals surface area contributed by atoms with Gasteiger partial charge in [-0.1, -0.05) is 24.6 Å². The van der Waals surface area contributed by atoms with Crippen molar-refractivity contribution in [2.45, 2.75) is 25.3 Å². The Morgan fingerprint density at radius 1 is 1.40 bits per heavy atom. The standard InChI is InChI=1S/C16H21N3O/c1-19-9-5-4-6-12(19)10-18-16(20)14-11-17-15-8-3-2-7-13(14)15/h2-3,7-8,11-12,17H,4-6,9-10H2,1H3,(H,18,20). The number of rotatable bonds is 3. The second-order valence-corrected chi connectivity index (χ2v) is 5.59. The van der Waals surface area contributed by atoms with Crippen LogP contribution in [0, 0.1) is 0 Å². The molecule has 0 spiro atoms. The average molecular weight is 271 g/mol. The zero-order valence-corrected chi connectivity index (χ0v) is 11.9. The van der Waals surface area contributed by atoms with Gasteiger partial charge in [0, 0.05) is 29.7 Å². The van der Waals surface area contributed by atoms with Crippen molar-refractivity contribution in [1.29, 1.82) is 0 Å². The van der Waals surface area contributed by atoms with Crippen molar-refractivity contribution in [2.75, 3.05) is 20.1 Å². The minimum Gasteiger partial charge on any atom is -0.360 e. The number of amides is 1. The second kappa shape index (κ2) is 5.67. The summed E-state index contributed by atoms with van der Waals surface area (Å²) >= 11 is 0. The van der Waals surface area contributed by atoms with E-state index >= 15 is 0 Å². The summed E-state index contributed by atoms with van der Waals surface area (Å²) in [6.45, 7) is 1.86. The number of piperidine rings is 1. The topological polar surface area (TPSA) is 48.1 Å². The van der Waals surface area contributed by atoms with Crippen molar-refractivity contribution in [3.63, 3.8) is 0 Å². The number of nitrogens with one attached hydrogen (secondary N) is 2. The molecule has 1 fully saturated rings. The molecule has 0 aliphatic carbocycles. The Hall–Kier alpha value is -1.81. The third-order valence-electron chi connectivity index (χ3n) is 4.25. The number of benzene rings is 1. The lowest BCUT2D eigenvalue weighted by Gasteiger charge is -2.32. The van der Waals surface area contributed by atoms with Crippen molar-refractivity contribution < 1.29 is 4.79 Å². The summed E-state index contributed by atoms with van der Waals surface area (Å²) in [6, 6.07) is 8.37. The van der Waals surface area contributed by atoms with Gasteiger partial charge in [0.25, 0.3) is 5.91 Å². The van der Waals surface area contributed by atoms with E-state index in [1.165, 1.54) is 19.3 Å². The molecule has 4 nitrogen and oxygen atoms in total. The lowest BCUT2D eigenvalue weighted by Crippen LogP contribution is -2.44. The highest BCUT2D eigenvalue weighted by molar-refractivity contribution is 6.06. The molecule has 1 aromatic heterocycles. The van der Waals surface area contributed by atoms with Crippen molar-refractivity contribution in [3.8, 4) is 0 Å². The molecule has 0 saturated carbocycles. The lowest BCUT2D eigenvalue weighted by atomic mass is 10.0. The maximum absolute atomic E-state index is 12.3. The molecular formula is C16H21N3O. The van der Waals surface area contributed by atoms with Crippen LogP contribution in [0.5, 0.6) is 0 Å². The van der Waals surface area contributed by atoms with Crippen LogP contribution in [-0.4, -0.2) is 42.0 Å². The van der Waals surface area contributed by atoms with E-state index in [0.717, 1.165) is 29.6 Å². The number of carbonyl (C=O) groups excluding carboxylic acids is 1. The van der Waals surface area contributed by atoms with E-state index in [1.807, 2.05) is 24.3 Å². The molecule has 4 heteroatoms. The highest BCUT2D eigenvalue weighted by Gasteiger charge is 2.20. The minimum atomic E-state index is 0.0152. The highest BCUT2D eigenvalue weighted by Crippen LogP contribution is 2.18. The lowest BCUT2D eigenvalue weighted by molar-refractivity contribution is 0.0930. The van der Waals surface area contributed by atoms with Gasteiger partial charge in [-0.2, -0.15) is 0 Å². The summed E-state index contributed by atoms with van der Waals surface area (Å²) in [5.74, 6) is 0.0152. The summed E-state index contributed by atoms with van der Waals surface area (Å²) in [5.41, 5.74) is 1.74. The predicted molar refractivity (Wildman–Crippen MR) is 80.9 cm³/mol. The first-order valence-electron chi connectivity index (χ1n) is 7.30. The zero-order chi connectivity index (χ0) is 13.9. The normalized spacial score (nSPS) is 20.1. The summed E-state index contributed by atoms with van der Waals surface area (Å²) in [4.78, 5) is 17.8. The molecule has 3 rings (SSSR count). The van der Waals surface area contributed by atoms with Gasteiger partial charge in [0.15, 0.2) is 0 Å². The molecule has 1 aliphatic rings. The Kier molecular flexibility index (Phi) is 3.74. The number of nitrogens with zero attached hydrogens (tertiary/aromatic N) is 1.